The summed E-state index contributed by atoms with van der Waals surface area (Å²) in [5, 5.41) is 2.48. The van der Waals surface area contributed by atoms with Crippen LogP contribution in [0.15, 0.2) is 28.7 Å². The molecule has 0 saturated heterocycles. The van der Waals surface area contributed by atoms with Crippen LogP contribution in [0.1, 0.15) is 12.8 Å². The van der Waals surface area contributed by atoms with Crippen LogP contribution in [0.25, 0.3) is 0 Å². The van der Waals surface area contributed by atoms with E-state index in [1.54, 1.807) is 18.2 Å². The Hall–Kier alpha value is -1.36. The Morgan fingerprint density at radius 1 is 1.38 bits per heavy atom. The van der Waals surface area contributed by atoms with E-state index in [-0.39, 0.29) is 5.92 Å². The average Bonchev–Trinajstić information content (AvgIpc) is 2.99. The second kappa shape index (κ2) is 4.65. The van der Waals surface area contributed by atoms with Gasteiger partial charge in [-0.1, -0.05) is 22.0 Å². The molecule has 0 aromatic heterocycles. The third-order valence-electron chi connectivity index (χ3n) is 2.17. The van der Waals surface area contributed by atoms with Gasteiger partial charge in [-0.2, -0.15) is 0 Å². The number of hydrogen-bond donors (Lipinski definition) is 1. The van der Waals surface area contributed by atoms with Gasteiger partial charge in [0, 0.05) is 10.2 Å². The maximum absolute atomic E-state index is 11.3. The van der Waals surface area contributed by atoms with Crippen molar-refractivity contribution < 1.29 is 14.3 Å². The first kappa shape index (κ1) is 11.1. The lowest BCUT2D eigenvalue weighted by molar-refractivity contribution is -0.138. The zero-order valence-corrected chi connectivity index (χ0v) is 9.99. The number of esters is 1. The van der Waals surface area contributed by atoms with Crippen LogP contribution in [0, 0.1) is 5.92 Å². The number of nitrogens with one attached hydrogen (secondary N) is 1. The first-order valence-electron chi connectivity index (χ1n) is 4.93. The maximum Gasteiger partial charge on any atom is 0.419 e. The second-order valence-corrected chi connectivity index (χ2v) is 4.53. The molecule has 1 aromatic rings. The number of carbonyl (C=O) groups excluding carboxylic acids is 2. The second-order valence-electron chi connectivity index (χ2n) is 3.62. The summed E-state index contributed by atoms with van der Waals surface area (Å²) < 4.78 is 5.46. The first-order chi connectivity index (χ1) is 7.65. The van der Waals surface area contributed by atoms with Crippen molar-refractivity contribution in [3.05, 3.63) is 28.7 Å². The monoisotopic (exact) mass is 283 g/mol. The van der Waals surface area contributed by atoms with Gasteiger partial charge in [-0.25, -0.2) is 4.79 Å². The number of anilines is 1. The lowest BCUT2D eigenvalue weighted by Gasteiger charge is -2.05. The number of benzene rings is 1. The molecule has 0 radical (unpaired) electrons. The molecule has 1 aliphatic rings. The van der Waals surface area contributed by atoms with Gasteiger partial charge in [0.05, 0.1) is 5.92 Å². The lowest BCUT2D eigenvalue weighted by Crippen LogP contribution is -2.19. The molecule has 0 heterocycles. The van der Waals surface area contributed by atoms with Crippen LogP contribution in [0.4, 0.5) is 10.5 Å². The maximum atomic E-state index is 11.3. The highest BCUT2D eigenvalue weighted by Gasteiger charge is 2.32. The Kier molecular flexibility index (Phi) is 3.24. The van der Waals surface area contributed by atoms with Crippen LogP contribution in [0.2, 0.25) is 0 Å². The van der Waals surface area contributed by atoms with E-state index in [0.29, 0.717) is 5.69 Å². The van der Waals surface area contributed by atoms with E-state index in [2.05, 4.69) is 26.0 Å². The third kappa shape index (κ3) is 3.06. The minimum absolute atomic E-state index is 0.0757. The summed E-state index contributed by atoms with van der Waals surface area (Å²) in [7, 11) is 0. The Balaban J connectivity index is 1.89. The summed E-state index contributed by atoms with van der Waals surface area (Å²) >= 11 is 3.28. The van der Waals surface area contributed by atoms with E-state index < -0.39 is 12.1 Å². The molecule has 1 fully saturated rings. The van der Waals surface area contributed by atoms with Crippen molar-refractivity contribution in [2.75, 3.05) is 5.32 Å². The summed E-state index contributed by atoms with van der Waals surface area (Å²) in [5.41, 5.74) is 0.586. The van der Waals surface area contributed by atoms with E-state index in [0.717, 1.165) is 17.3 Å². The zero-order chi connectivity index (χ0) is 11.5. The van der Waals surface area contributed by atoms with Crippen molar-refractivity contribution in [3.63, 3.8) is 0 Å². The number of ether oxygens (including phenoxy) is 1. The normalized spacial score (nSPS) is 14.3. The Morgan fingerprint density at radius 2 is 2.12 bits per heavy atom. The van der Waals surface area contributed by atoms with Crippen molar-refractivity contribution in [1.82, 2.24) is 0 Å². The number of rotatable bonds is 2. The van der Waals surface area contributed by atoms with Crippen LogP contribution in [-0.2, 0) is 9.53 Å². The van der Waals surface area contributed by atoms with Gasteiger partial charge in [0.2, 0.25) is 0 Å². The summed E-state index contributed by atoms with van der Waals surface area (Å²) in [6.45, 7) is 0. The molecular weight excluding hydrogens is 274 g/mol. The van der Waals surface area contributed by atoms with E-state index in [1.165, 1.54) is 0 Å². The van der Waals surface area contributed by atoms with Gasteiger partial charge in [-0.3, -0.25) is 10.1 Å². The lowest BCUT2D eigenvalue weighted by atomic mass is 10.3. The van der Waals surface area contributed by atoms with Crippen molar-refractivity contribution >= 4 is 33.7 Å². The minimum atomic E-state index is -0.727. The zero-order valence-electron chi connectivity index (χ0n) is 8.40. The molecule has 2 rings (SSSR count). The van der Waals surface area contributed by atoms with E-state index in [4.69, 9.17) is 0 Å². The smallest absolute Gasteiger partial charge is 0.376 e. The molecule has 0 bridgehead atoms. The van der Waals surface area contributed by atoms with Gasteiger partial charge >= 0.3 is 12.1 Å². The van der Waals surface area contributed by atoms with Crippen molar-refractivity contribution in [2.45, 2.75) is 12.8 Å². The third-order valence-corrected chi connectivity index (χ3v) is 2.67. The van der Waals surface area contributed by atoms with Crippen LogP contribution < -0.4 is 5.32 Å². The SMILES string of the molecule is O=C(Nc1cccc(Br)c1)OC(=O)C1CC1. The summed E-state index contributed by atoms with van der Waals surface area (Å²) in [4.78, 5) is 22.5. The number of halogens is 1. The molecule has 0 spiro atoms. The van der Waals surface area contributed by atoms with E-state index in [9.17, 15) is 9.59 Å². The fourth-order valence-electron chi connectivity index (χ4n) is 1.20. The van der Waals surface area contributed by atoms with Gasteiger partial charge in [0.25, 0.3) is 0 Å². The first-order valence-corrected chi connectivity index (χ1v) is 5.73. The molecular formula is C11H10BrNO3. The standard InChI is InChI=1S/C11H10BrNO3/c12-8-2-1-3-9(6-8)13-11(15)16-10(14)7-4-5-7/h1-3,6-7H,4-5H2,(H,13,15). The minimum Gasteiger partial charge on any atom is -0.376 e. The van der Waals surface area contributed by atoms with Gasteiger partial charge in [-0.05, 0) is 31.0 Å². The van der Waals surface area contributed by atoms with Crippen LogP contribution in [0.3, 0.4) is 0 Å². The van der Waals surface area contributed by atoms with E-state index in [1.807, 2.05) is 6.07 Å². The number of amides is 1. The van der Waals surface area contributed by atoms with Crippen LogP contribution in [-0.4, -0.2) is 12.1 Å². The van der Waals surface area contributed by atoms with Crippen LogP contribution in [0.5, 0.6) is 0 Å². The molecule has 16 heavy (non-hydrogen) atoms. The fourth-order valence-corrected chi connectivity index (χ4v) is 1.60. The molecule has 4 nitrogen and oxygen atoms in total. The summed E-state index contributed by atoms with van der Waals surface area (Å²) in [6.07, 6.45) is 0.918. The number of hydrogen-bond acceptors (Lipinski definition) is 3. The predicted molar refractivity (Wildman–Crippen MR) is 62.0 cm³/mol. The number of carbonyl (C=O) groups is 2. The highest BCUT2D eigenvalue weighted by atomic mass is 79.9. The molecule has 0 unspecified atom stereocenters. The van der Waals surface area contributed by atoms with Crippen molar-refractivity contribution in [2.24, 2.45) is 5.92 Å². The molecule has 1 aliphatic carbocycles. The molecule has 5 heteroatoms. The highest BCUT2D eigenvalue weighted by molar-refractivity contribution is 9.10. The van der Waals surface area contributed by atoms with Gasteiger partial charge in [0.15, 0.2) is 0 Å². The quantitative estimate of drug-likeness (QED) is 0.671. The molecule has 1 aromatic carbocycles. The molecule has 0 aliphatic heterocycles. The molecule has 0 atom stereocenters. The van der Waals surface area contributed by atoms with Crippen LogP contribution >= 0.6 is 15.9 Å². The van der Waals surface area contributed by atoms with Gasteiger partial charge < -0.3 is 4.74 Å². The highest BCUT2D eigenvalue weighted by Crippen LogP contribution is 2.30. The largest absolute Gasteiger partial charge is 0.419 e. The summed E-state index contributed by atoms with van der Waals surface area (Å²) in [5.74, 6) is -0.513. The summed E-state index contributed by atoms with van der Waals surface area (Å²) in [6, 6.07) is 7.06. The molecule has 1 N–H and O–H groups in total. The average molecular weight is 284 g/mol. The van der Waals surface area contributed by atoms with Gasteiger partial charge in [-0.15, -0.1) is 0 Å². The molecule has 1 saturated carbocycles. The topological polar surface area (TPSA) is 55.4 Å². The Bertz CT molecular complexity index is 429. The van der Waals surface area contributed by atoms with E-state index >= 15 is 0 Å². The van der Waals surface area contributed by atoms with Crippen molar-refractivity contribution in [3.8, 4) is 0 Å². The van der Waals surface area contributed by atoms with Gasteiger partial charge in [0.1, 0.15) is 0 Å². The Morgan fingerprint density at radius 3 is 2.75 bits per heavy atom. The van der Waals surface area contributed by atoms with Crippen molar-refractivity contribution in [1.29, 1.82) is 0 Å². The Labute approximate surface area is 101 Å². The molecule has 84 valence electrons. The molecule has 1 amide bonds. The predicted octanol–water partition coefficient (Wildman–Crippen LogP) is 2.93. The fraction of sp³-hybridized carbons (Fsp3) is 0.273.